The standard InChI is InChI=1S/C12H9BrO4/c1-16-6-3-4-7-8(5-6)10(14)9(13)12(17-2)11(7)15/h3-5H,1-2H3. The maximum Gasteiger partial charge on any atom is 0.229 e. The topological polar surface area (TPSA) is 52.6 Å². The van der Waals surface area contributed by atoms with Gasteiger partial charge >= 0.3 is 0 Å². The molecule has 0 radical (unpaired) electrons. The highest BCUT2D eigenvalue weighted by molar-refractivity contribution is 9.12. The van der Waals surface area contributed by atoms with E-state index in [9.17, 15) is 9.59 Å². The van der Waals surface area contributed by atoms with Crippen LogP contribution in [-0.2, 0) is 4.74 Å². The normalized spacial score (nSPS) is 14.8. The molecule has 1 aromatic rings. The summed E-state index contributed by atoms with van der Waals surface area (Å²) in [5.74, 6) is -0.0225. The zero-order valence-electron chi connectivity index (χ0n) is 9.24. The molecule has 4 nitrogen and oxygen atoms in total. The predicted molar refractivity (Wildman–Crippen MR) is 64.6 cm³/mol. The van der Waals surface area contributed by atoms with Gasteiger partial charge in [0.15, 0.2) is 5.76 Å². The Labute approximate surface area is 106 Å². The minimum absolute atomic E-state index is 0.0349. The Morgan fingerprint density at radius 1 is 1.00 bits per heavy atom. The largest absolute Gasteiger partial charge is 0.497 e. The number of benzene rings is 1. The highest BCUT2D eigenvalue weighted by Crippen LogP contribution is 2.31. The summed E-state index contributed by atoms with van der Waals surface area (Å²) in [4.78, 5) is 24.0. The summed E-state index contributed by atoms with van der Waals surface area (Å²) in [6.07, 6.45) is 0. The summed E-state index contributed by atoms with van der Waals surface area (Å²) in [5.41, 5.74) is 0.651. The van der Waals surface area contributed by atoms with Crippen molar-refractivity contribution in [3.8, 4) is 5.75 Å². The van der Waals surface area contributed by atoms with Gasteiger partial charge in [-0.25, -0.2) is 0 Å². The monoisotopic (exact) mass is 296 g/mol. The number of ketones is 2. The molecule has 17 heavy (non-hydrogen) atoms. The second-order valence-electron chi connectivity index (χ2n) is 3.42. The lowest BCUT2D eigenvalue weighted by atomic mass is 9.93. The van der Waals surface area contributed by atoms with Crippen LogP contribution < -0.4 is 4.74 Å². The Hall–Kier alpha value is -1.62. The zero-order valence-corrected chi connectivity index (χ0v) is 10.8. The van der Waals surface area contributed by atoms with Crippen molar-refractivity contribution in [1.29, 1.82) is 0 Å². The van der Waals surface area contributed by atoms with Gasteiger partial charge in [-0.15, -0.1) is 0 Å². The third-order valence-electron chi connectivity index (χ3n) is 2.53. The summed E-state index contributed by atoms with van der Waals surface area (Å²) in [5, 5.41) is 0. The Morgan fingerprint density at radius 2 is 1.71 bits per heavy atom. The van der Waals surface area contributed by atoms with Crippen LogP contribution in [-0.4, -0.2) is 25.8 Å². The molecule has 0 aromatic heterocycles. The molecule has 88 valence electrons. The minimum atomic E-state index is -0.309. The van der Waals surface area contributed by atoms with Crippen molar-refractivity contribution in [2.75, 3.05) is 14.2 Å². The van der Waals surface area contributed by atoms with Crippen molar-refractivity contribution in [1.82, 2.24) is 0 Å². The Morgan fingerprint density at radius 3 is 2.29 bits per heavy atom. The van der Waals surface area contributed by atoms with Crippen LogP contribution in [0.15, 0.2) is 28.4 Å². The van der Waals surface area contributed by atoms with E-state index in [1.807, 2.05) is 0 Å². The molecule has 0 heterocycles. The first-order valence-corrected chi connectivity index (χ1v) is 5.60. The van der Waals surface area contributed by atoms with E-state index in [0.29, 0.717) is 16.9 Å². The summed E-state index contributed by atoms with van der Waals surface area (Å²) in [6.45, 7) is 0. The van der Waals surface area contributed by atoms with Crippen molar-refractivity contribution in [2.24, 2.45) is 0 Å². The number of carbonyl (C=O) groups excluding carboxylic acids is 2. The second kappa shape index (κ2) is 4.33. The van der Waals surface area contributed by atoms with Crippen LogP contribution >= 0.6 is 15.9 Å². The van der Waals surface area contributed by atoms with E-state index < -0.39 is 0 Å². The maximum absolute atomic E-state index is 12.0. The number of carbonyl (C=O) groups is 2. The molecule has 5 heteroatoms. The first-order valence-electron chi connectivity index (χ1n) is 4.81. The van der Waals surface area contributed by atoms with Gasteiger partial charge in [-0.2, -0.15) is 0 Å². The molecule has 0 unspecified atom stereocenters. The van der Waals surface area contributed by atoms with Crippen molar-refractivity contribution in [3.63, 3.8) is 0 Å². The van der Waals surface area contributed by atoms with Crippen molar-refractivity contribution in [3.05, 3.63) is 39.6 Å². The van der Waals surface area contributed by atoms with Gasteiger partial charge < -0.3 is 9.47 Å². The van der Waals surface area contributed by atoms with Crippen molar-refractivity contribution < 1.29 is 19.1 Å². The lowest BCUT2D eigenvalue weighted by Gasteiger charge is -2.17. The molecular weight excluding hydrogens is 288 g/mol. The van der Waals surface area contributed by atoms with Crippen LogP contribution in [0, 0.1) is 0 Å². The molecule has 0 spiro atoms. The fourth-order valence-electron chi connectivity index (χ4n) is 1.66. The molecule has 0 saturated heterocycles. The van der Waals surface area contributed by atoms with Crippen molar-refractivity contribution >= 4 is 27.5 Å². The molecule has 1 aliphatic rings. The van der Waals surface area contributed by atoms with E-state index in [-0.39, 0.29) is 21.8 Å². The number of methoxy groups -OCH3 is 2. The van der Waals surface area contributed by atoms with Crippen LogP contribution in [0.5, 0.6) is 5.75 Å². The van der Waals surface area contributed by atoms with Crippen LogP contribution in [0.25, 0.3) is 0 Å². The lowest BCUT2D eigenvalue weighted by molar-refractivity contribution is 0.0914. The lowest BCUT2D eigenvalue weighted by Crippen LogP contribution is -2.20. The molecule has 1 aromatic carbocycles. The number of halogens is 1. The van der Waals surface area contributed by atoms with E-state index in [0.717, 1.165) is 0 Å². The zero-order chi connectivity index (χ0) is 12.6. The fraction of sp³-hybridized carbons (Fsp3) is 0.167. The first kappa shape index (κ1) is 11.9. The molecule has 0 aliphatic heterocycles. The van der Waals surface area contributed by atoms with E-state index in [1.54, 1.807) is 18.2 Å². The molecule has 0 bridgehead atoms. The highest BCUT2D eigenvalue weighted by atomic mass is 79.9. The van der Waals surface area contributed by atoms with E-state index in [1.165, 1.54) is 14.2 Å². The number of rotatable bonds is 2. The van der Waals surface area contributed by atoms with Gasteiger partial charge in [0.1, 0.15) is 10.2 Å². The number of Topliss-reactive ketones (excluding diaryl/α,β-unsaturated/α-hetero) is 2. The molecule has 0 N–H and O–H groups in total. The van der Waals surface area contributed by atoms with Crippen LogP contribution in [0.2, 0.25) is 0 Å². The molecule has 0 amide bonds. The highest BCUT2D eigenvalue weighted by Gasteiger charge is 2.32. The van der Waals surface area contributed by atoms with Crippen LogP contribution in [0.4, 0.5) is 0 Å². The summed E-state index contributed by atoms with van der Waals surface area (Å²) in [6, 6.07) is 4.74. The number of allylic oxidation sites excluding steroid dienone is 2. The maximum atomic E-state index is 12.0. The Kier molecular flexibility index (Phi) is 3.02. The summed E-state index contributed by atoms with van der Waals surface area (Å²) < 4.78 is 10.1. The van der Waals surface area contributed by atoms with Crippen molar-refractivity contribution in [2.45, 2.75) is 0 Å². The quantitative estimate of drug-likeness (QED) is 0.840. The van der Waals surface area contributed by atoms with E-state index in [4.69, 9.17) is 9.47 Å². The minimum Gasteiger partial charge on any atom is -0.497 e. The SMILES string of the molecule is COC1=C(Br)C(=O)c2cc(OC)ccc2C1=O. The van der Waals surface area contributed by atoms with Gasteiger partial charge in [-0.1, -0.05) is 0 Å². The summed E-state index contributed by atoms with van der Waals surface area (Å²) >= 11 is 3.08. The molecule has 2 rings (SSSR count). The summed E-state index contributed by atoms with van der Waals surface area (Å²) in [7, 11) is 2.86. The average molecular weight is 297 g/mol. The molecule has 0 atom stereocenters. The smallest absolute Gasteiger partial charge is 0.229 e. The van der Waals surface area contributed by atoms with Gasteiger partial charge in [0.05, 0.1) is 14.2 Å². The predicted octanol–water partition coefficient (Wildman–Crippen LogP) is 2.33. The number of fused-ring (bicyclic) bond motifs is 1. The third-order valence-corrected chi connectivity index (χ3v) is 3.25. The number of ether oxygens (including phenoxy) is 2. The third kappa shape index (κ3) is 1.76. The van der Waals surface area contributed by atoms with Gasteiger partial charge in [0.2, 0.25) is 11.6 Å². The van der Waals surface area contributed by atoms with Gasteiger partial charge in [-0.05, 0) is 34.1 Å². The van der Waals surface area contributed by atoms with Gasteiger partial charge in [0.25, 0.3) is 0 Å². The number of hydrogen-bond donors (Lipinski definition) is 0. The molecule has 0 fully saturated rings. The Bertz CT molecular complexity index is 545. The Balaban J connectivity index is 2.64. The van der Waals surface area contributed by atoms with E-state index in [2.05, 4.69) is 15.9 Å². The molecule has 0 saturated carbocycles. The van der Waals surface area contributed by atoms with Gasteiger partial charge in [-0.3, -0.25) is 9.59 Å². The average Bonchev–Trinajstić information content (AvgIpc) is 2.36. The second-order valence-corrected chi connectivity index (χ2v) is 4.21. The number of hydrogen-bond acceptors (Lipinski definition) is 4. The fourth-order valence-corrected chi connectivity index (χ4v) is 2.22. The van der Waals surface area contributed by atoms with E-state index >= 15 is 0 Å². The molecular formula is C12H9BrO4. The molecule has 1 aliphatic carbocycles. The first-order chi connectivity index (χ1) is 8.10. The van der Waals surface area contributed by atoms with Gasteiger partial charge in [0, 0.05) is 11.1 Å². The van der Waals surface area contributed by atoms with Crippen LogP contribution in [0.1, 0.15) is 20.7 Å². The van der Waals surface area contributed by atoms with Crippen LogP contribution in [0.3, 0.4) is 0 Å².